The molecule has 0 atom stereocenters. The van der Waals surface area contributed by atoms with Gasteiger partial charge in [0.15, 0.2) is 5.11 Å². The third-order valence-electron chi connectivity index (χ3n) is 2.72. The lowest BCUT2D eigenvalue weighted by Gasteiger charge is -2.11. The number of hydrogen-bond acceptors (Lipinski definition) is 4. The van der Waals surface area contributed by atoms with Crippen LogP contribution in [0.5, 0.6) is 0 Å². The van der Waals surface area contributed by atoms with Crippen LogP contribution < -0.4 is 10.6 Å². The van der Waals surface area contributed by atoms with E-state index in [2.05, 4.69) is 20.4 Å². The second-order valence-corrected chi connectivity index (χ2v) is 4.65. The van der Waals surface area contributed by atoms with E-state index in [1.807, 2.05) is 18.2 Å². The molecule has 2 rings (SSSR count). The molecule has 0 radical (unpaired) electrons. The van der Waals surface area contributed by atoms with Crippen molar-refractivity contribution in [3.63, 3.8) is 0 Å². The van der Waals surface area contributed by atoms with E-state index >= 15 is 0 Å². The molecule has 0 amide bonds. The van der Waals surface area contributed by atoms with E-state index in [4.69, 9.17) is 12.2 Å². The number of anilines is 1. The van der Waals surface area contributed by atoms with E-state index in [1.165, 1.54) is 7.11 Å². The molecule has 1 heterocycles. The monoisotopic (exact) mass is 301 g/mol. The highest BCUT2D eigenvalue weighted by Crippen LogP contribution is 2.11. The summed E-state index contributed by atoms with van der Waals surface area (Å²) in [5.74, 6) is -0.382. The second kappa shape index (κ2) is 7.35. The summed E-state index contributed by atoms with van der Waals surface area (Å²) in [6, 6.07) is 10.8. The van der Waals surface area contributed by atoms with Gasteiger partial charge in [-0.05, 0) is 42.0 Å². The van der Waals surface area contributed by atoms with E-state index < -0.39 is 0 Å². The average Bonchev–Trinajstić information content (AvgIpc) is 2.53. The lowest BCUT2D eigenvalue weighted by atomic mass is 10.2. The molecule has 2 aromatic rings. The van der Waals surface area contributed by atoms with Crippen LogP contribution in [0.2, 0.25) is 0 Å². The summed E-state index contributed by atoms with van der Waals surface area (Å²) in [6.07, 6.45) is 3.49. The molecular formula is C15H15N3O2S. The highest BCUT2D eigenvalue weighted by Gasteiger charge is 2.06. The quantitative estimate of drug-likeness (QED) is 0.668. The van der Waals surface area contributed by atoms with Gasteiger partial charge in [0.05, 0.1) is 12.7 Å². The van der Waals surface area contributed by atoms with Gasteiger partial charge in [-0.15, -0.1) is 0 Å². The fourth-order valence-corrected chi connectivity index (χ4v) is 1.89. The summed E-state index contributed by atoms with van der Waals surface area (Å²) in [5, 5.41) is 6.57. The van der Waals surface area contributed by atoms with Crippen molar-refractivity contribution in [3.8, 4) is 0 Å². The van der Waals surface area contributed by atoms with Crippen LogP contribution in [-0.2, 0) is 11.3 Å². The molecule has 6 heteroatoms. The number of benzene rings is 1. The van der Waals surface area contributed by atoms with Gasteiger partial charge >= 0.3 is 5.97 Å². The van der Waals surface area contributed by atoms with Gasteiger partial charge in [-0.3, -0.25) is 4.98 Å². The Hall–Kier alpha value is -2.47. The topological polar surface area (TPSA) is 63.2 Å². The number of hydrogen-bond donors (Lipinski definition) is 2. The van der Waals surface area contributed by atoms with Crippen molar-refractivity contribution in [1.29, 1.82) is 0 Å². The van der Waals surface area contributed by atoms with E-state index in [-0.39, 0.29) is 5.97 Å². The zero-order valence-electron chi connectivity index (χ0n) is 11.5. The molecular weight excluding hydrogens is 286 g/mol. The molecule has 0 aliphatic rings. The maximum atomic E-state index is 11.5. The number of esters is 1. The van der Waals surface area contributed by atoms with Crippen molar-refractivity contribution in [2.24, 2.45) is 0 Å². The van der Waals surface area contributed by atoms with Crippen molar-refractivity contribution < 1.29 is 9.53 Å². The van der Waals surface area contributed by atoms with Crippen molar-refractivity contribution >= 4 is 29.0 Å². The fourth-order valence-electron chi connectivity index (χ4n) is 1.70. The number of aromatic nitrogens is 1. The van der Waals surface area contributed by atoms with E-state index in [1.54, 1.807) is 30.6 Å². The molecule has 0 spiro atoms. The molecule has 0 fully saturated rings. The first-order valence-electron chi connectivity index (χ1n) is 6.31. The van der Waals surface area contributed by atoms with E-state index in [9.17, 15) is 4.79 Å². The molecule has 1 aromatic heterocycles. The molecule has 0 bridgehead atoms. The second-order valence-electron chi connectivity index (χ2n) is 4.24. The standard InChI is InChI=1S/C15H15N3O2S/c1-20-14(19)12-5-2-6-13(8-12)18-15(21)17-10-11-4-3-7-16-9-11/h2-9H,10H2,1H3,(H2,17,18,21). The summed E-state index contributed by atoms with van der Waals surface area (Å²) < 4.78 is 4.68. The predicted molar refractivity (Wildman–Crippen MR) is 85.1 cm³/mol. The van der Waals surface area contributed by atoms with Crippen molar-refractivity contribution in [2.75, 3.05) is 12.4 Å². The minimum atomic E-state index is -0.382. The molecule has 0 saturated heterocycles. The summed E-state index contributed by atoms with van der Waals surface area (Å²) >= 11 is 5.21. The average molecular weight is 301 g/mol. The highest BCUT2D eigenvalue weighted by atomic mass is 32.1. The Labute approximate surface area is 128 Å². The van der Waals surface area contributed by atoms with Gasteiger partial charge in [-0.1, -0.05) is 12.1 Å². The number of methoxy groups -OCH3 is 1. The Balaban J connectivity index is 1.92. The number of carbonyl (C=O) groups is 1. The van der Waals surface area contributed by atoms with Crippen LogP contribution in [-0.4, -0.2) is 23.2 Å². The summed E-state index contributed by atoms with van der Waals surface area (Å²) in [4.78, 5) is 15.5. The van der Waals surface area contributed by atoms with Crippen molar-refractivity contribution in [2.45, 2.75) is 6.54 Å². The van der Waals surface area contributed by atoms with Crippen molar-refractivity contribution in [1.82, 2.24) is 10.3 Å². The molecule has 5 nitrogen and oxygen atoms in total. The minimum absolute atomic E-state index is 0.382. The molecule has 108 valence electrons. The summed E-state index contributed by atoms with van der Waals surface area (Å²) in [5.41, 5.74) is 2.23. The number of ether oxygens (including phenoxy) is 1. The summed E-state index contributed by atoms with van der Waals surface area (Å²) in [6.45, 7) is 0.580. The number of nitrogens with one attached hydrogen (secondary N) is 2. The number of rotatable bonds is 4. The van der Waals surface area contributed by atoms with Crippen LogP contribution in [0.15, 0.2) is 48.8 Å². The van der Waals surface area contributed by atoms with Gasteiger partial charge in [0.1, 0.15) is 0 Å². The number of nitrogens with zero attached hydrogens (tertiary/aromatic N) is 1. The maximum Gasteiger partial charge on any atom is 0.337 e. The predicted octanol–water partition coefficient (Wildman–Crippen LogP) is 2.35. The molecule has 0 aliphatic heterocycles. The first kappa shape index (κ1) is 14.9. The van der Waals surface area contributed by atoms with E-state index in [0.717, 1.165) is 11.3 Å². The van der Waals surface area contributed by atoms with Gasteiger partial charge in [-0.25, -0.2) is 4.79 Å². The molecule has 21 heavy (non-hydrogen) atoms. The Morgan fingerprint density at radius 2 is 2.19 bits per heavy atom. The van der Waals surface area contributed by atoms with E-state index in [0.29, 0.717) is 17.2 Å². The van der Waals surface area contributed by atoms with Gasteiger partial charge in [0, 0.05) is 24.6 Å². The number of thiocarbonyl (C=S) groups is 1. The normalized spacial score (nSPS) is 9.76. The third kappa shape index (κ3) is 4.54. The Bertz CT molecular complexity index is 632. The zero-order chi connectivity index (χ0) is 15.1. The molecule has 0 unspecified atom stereocenters. The van der Waals surface area contributed by atoms with Crippen LogP contribution in [0.3, 0.4) is 0 Å². The minimum Gasteiger partial charge on any atom is -0.465 e. The first-order chi connectivity index (χ1) is 10.2. The Morgan fingerprint density at radius 3 is 2.90 bits per heavy atom. The molecule has 2 N–H and O–H groups in total. The fraction of sp³-hybridized carbons (Fsp3) is 0.133. The Morgan fingerprint density at radius 1 is 1.33 bits per heavy atom. The third-order valence-corrected chi connectivity index (χ3v) is 2.96. The lowest BCUT2D eigenvalue weighted by molar-refractivity contribution is 0.0601. The molecule has 0 aliphatic carbocycles. The zero-order valence-corrected chi connectivity index (χ0v) is 12.3. The van der Waals surface area contributed by atoms with Crippen molar-refractivity contribution in [3.05, 3.63) is 59.9 Å². The lowest BCUT2D eigenvalue weighted by Crippen LogP contribution is -2.28. The first-order valence-corrected chi connectivity index (χ1v) is 6.72. The van der Waals surface area contributed by atoms with Gasteiger partial charge in [0.25, 0.3) is 0 Å². The maximum absolute atomic E-state index is 11.5. The van der Waals surface area contributed by atoms with Crippen LogP contribution in [0.1, 0.15) is 15.9 Å². The van der Waals surface area contributed by atoms with Crippen LogP contribution in [0, 0.1) is 0 Å². The SMILES string of the molecule is COC(=O)c1cccc(NC(=S)NCc2cccnc2)c1. The van der Waals surface area contributed by atoms with Gasteiger partial charge in [0.2, 0.25) is 0 Å². The van der Waals surface area contributed by atoms with Gasteiger partial charge < -0.3 is 15.4 Å². The van der Waals surface area contributed by atoms with Gasteiger partial charge in [-0.2, -0.15) is 0 Å². The Kier molecular flexibility index (Phi) is 5.22. The van der Waals surface area contributed by atoms with Crippen LogP contribution >= 0.6 is 12.2 Å². The van der Waals surface area contributed by atoms with Crippen LogP contribution in [0.25, 0.3) is 0 Å². The highest BCUT2D eigenvalue weighted by molar-refractivity contribution is 7.80. The molecule has 0 saturated carbocycles. The summed E-state index contributed by atoms with van der Waals surface area (Å²) in [7, 11) is 1.35. The number of pyridine rings is 1. The van der Waals surface area contributed by atoms with Crippen LogP contribution in [0.4, 0.5) is 5.69 Å². The number of carbonyl (C=O) groups excluding carboxylic acids is 1. The largest absolute Gasteiger partial charge is 0.465 e. The molecule has 1 aromatic carbocycles. The smallest absolute Gasteiger partial charge is 0.337 e.